The van der Waals surface area contributed by atoms with Gasteiger partial charge >= 0.3 is 39.7 Å². The third kappa shape index (κ3) is 6.63. The second-order valence-corrected chi connectivity index (χ2v) is 10.6. The van der Waals surface area contributed by atoms with Crippen LogP contribution in [0.2, 0.25) is 0 Å². The second-order valence-electron chi connectivity index (χ2n) is 7.66. The molecule has 1 heterocycles. The van der Waals surface area contributed by atoms with Crippen molar-refractivity contribution in [1.82, 2.24) is 9.78 Å². The summed E-state index contributed by atoms with van der Waals surface area (Å²) in [4.78, 5) is -0.290. The molecule has 0 saturated heterocycles. The summed E-state index contributed by atoms with van der Waals surface area (Å²) < 4.78 is 62.5. The molecule has 14 heteroatoms. The summed E-state index contributed by atoms with van der Waals surface area (Å²) in [6, 6.07) is 16.9. The summed E-state index contributed by atoms with van der Waals surface area (Å²) in [5.41, 5.74) is 1.77. The molecular weight excluding hydrogens is 531 g/mol. The minimum absolute atomic E-state index is 0. The topological polar surface area (TPSA) is 163 Å². The summed E-state index contributed by atoms with van der Waals surface area (Å²) in [7, 11) is -8.36. The summed E-state index contributed by atoms with van der Waals surface area (Å²) >= 11 is 0. The van der Waals surface area contributed by atoms with Crippen molar-refractivity contribution in [1.29, 1.82) is 0 Å². The Bertz CT molecular complexity index is 1650. The van der Waals surface area contributed by atoms with E-state index in [4.69, 9.17) is 8.74 Å². The predicted molar refractivity (Wildman–Crippen MR) is 127 cm³/mol. The molecule has 0 fully saturated rings. The smallest absolute Gasteiger partial charge is 0.857 e. The van der Waals surface area contributed by atoms with Crippen molar-refractivity contribution in [3.05, 3.63) is 84.1 Å². The van der Waals surface area contributed by atoms with E-state index in [0.29, 0.717) is 5.69 Å². The molecule has 3 aromatic carbocycles. The maximum absolute atomic E-state index is 12.8. The molecule has 0 aliphatic carbocycles. The number of aromatic nitrogens is 2. The molecule has 0 saturated carbocycles. The van der Waals surface area contributed by atoms with Gasteiger partial charge in [0, 0.05) is 5.88 Å². The van der Waals surface area contributed by atoms with Crippen molar-refractivity contribution >= 4 is 31.6 Å². The van der Waals surface area contributed by atoms with Crippen LogP contribution in [0.15, 0.2) is 92.8 Å². The Morgan fingerprint density at radius 3 is 1.97 bits per heavy atom. The van der Waals surface area contributed by atoms with Gasteiger partial charge in [-0.05, 0) is 74.5 Å². The van der Waals surface area contributed by atoms with E-state index in [0.717, 1.165) is 22.4 Å². The monoisotopic (exact) mass is 550 g/mol. The van der Waals surface area contributed by atoms with Crippen LogP contribution in [0.5, 0.6) is 11.6 Å². The zero-order valence-electron chi connectivity index (χ0n) is 19.9. The SMILES string of the molecule is Cc1ccc(S(=O)(=O)Oc2ccc(N=Nc3c(C)nn(-c4ccc(S(=O)(=O)O)cc4)c3[O-])cc2)cc1.[Na+]. The van der Waals surface area contributed by atoms with Gasteiger partial charge in [0.2, 0.25) is 0 Å². The number of azo groups is 1. The number of aryl methyl sites for hydroxylation is 2. The molecule has 186 valence electrons. The third-order valence-corrected chi connectivity index (χ3v) is 7.11. The van der Waals surface area contributed by atoms with E-state index < -0.39 is 26.1 Å². The second kappa shape index (κ2) is 11.1. The molecule has 0 bridgehead atoms. The van der Waals surface area contributed by atoms with E-state index >= 15 is 0 Å². The minimum atomic E-state index is -4.37. The number of hydrogen-bond donors (Lipinski definition) is 1. The Hall–Kier alpha value is -3.07. The van der Waals surface area contributed by atoms with Gasteiger partial charge in [0.15, 0.2) is 0 Å². The molecule has 1 N–H and O–H groups in total. The Kier molecular flexibility index (Phi) is 8.57. The third-order valence-electron chi connectivity index (χ3n) is 4.98. The summed E-state index contributed by atoms with van der Waals surface area (Å²) in [6.07, 6.45) is 0. The van der Waals surface area contributed by atoms with Gasteiger partial charge in [0.05, 0.1) is 22.0 Å². The van der Waals surface area contributed by atoms with Crippen molar-refractivity contribution in [3.63, 3.8) is 0 Å². The number of rotatable bonds is 7. The van der Waals surface area contributed by atoms with E-state index in [9.17, 15) is 21.9 Å². The molecule has 4 aromatic rings. The molecule has 0 atom stereocenters. The van der Waals surface area contributed by atoms with Crippen LogP contribution in [-0.4, -0.2) is 31.2 Å². The first-order valence-electron chi connectivity index (χ1n) is 10.3. The molecule has 0 amide bonds. The van der Waals surface area contributed by atoms with Crippen LogP contribution in [0, 0.1) is 13.8 Å². The van der Waals surface area contributed by atoms with Crippen LogP contribution in [0.1, 0.15) is 11.3 Å². The predicted octanol–water partition coefficient (Wildman–Crippen LogP) is 0.997. The van der Waals surface area contributed by atoms with E-state index in [-0.39, 0.29) is 62.2 Å². The Morgan fingerprint density at radius 1 is 0.838 bits per heavy atom. The zero-order chi connectivity index (χ0) is 26.1. The van der Waals surface area contributed by atoms with Crippen molar-refractivity contribution in [2.45, 2.75) is 23.6 Å². The average molecular weight is 551 g/mol. The molecule has 4 rings (SSSR count). The van der Waals surface area contributed by atoms with E-state index in [1.54, 1.807) is 19.1 Å². The summed E-state index contributed by atoms with van der Waals surface area (Å²) in [5, 5.41) is 24.9. The molecule has 0 aliphatic heterocycles. The zero-order valence-corrected chi connectivity index (χ0v) is 23.6. The van der Waals surface area contributed by atoms with Gasteiger partial charge in [0.25, 0.3) is 10.1 Å². The average Bonchev–Trinajstić information content (AvgIpc) is 3.11. The minimum Gasteiger partial charge on any atom is -0.857 e. The number of nitrogens with zero attached hydrogens (tertiary/aromatic N) is 4. The van der Waals surface area contributed by atoms with Crippen LogP contribution >= 0.6 is 0 Å². The van der Waals surface area contributed by atoms with Crippen LogP contribution in [-0.2, 0) is 20.2 Å². The molecule has 37 heavy (non-hydrogen) atoms. The van der Waals surface area contributed by atoms with Crippen molar-refractivity contribution in [2.75, 3.05) is 0 Å². The maximum atomic E-state index is 12.8. The van der Waals surface area contributed by atoms with Crippen LogP contribution in [0.25, 0.3) is 5.69 Å². The summed E-state index contributed by atoms with van der Waals surface area (Å²) in [5.74, 6) is -0.503. The van der Waals surface area contributed by atoms with E-state index in [1.165, 1.54) is 48.5 Å². The van der Waals surface area contributed by atoms with Crippen molar-refractivity contribution in [2.24, 2.45) is 10.2 Å². The van der Waals surface area contributed by atoms with Gasteiger partial charge in [-0.2, -0.15) is 27.0 Å². The fraction of sp³-hybridized carbons (Fsp3) is 0.0870. The molecule has 0 aliphatic rings. The molecular formula is C23H19N4NaO7S2. The van der Waals surface area contributed by atoms with Crippen LogP contribution in [0.3, 0.4) is 0 Å². The van der Waals surface area contributed by atoms with Crippen LogP contribution < -0.4 is 38.8 Å². The van der Waals surface area contributed by atoms with Gasteiger partial charge in [0.1, 0.15) is 16.3 Å². The van der Waals surface area contributed by atoms with Crippen molar-refractivity contribution in [3.8, 4) is 17.3 Å². The largest absolute Gasteiger partial charge is 1.00 e. The first kappa shape index (κ1) is 28.5. The Balaban J connectivity index is 0.00000380. The van der Waals surface area contributed by atoms with Gasteiger partial charge < -0.3 is 9.29 Å². The molecule has 0 unspecified atom stereocenters. The van der Waals surface area contributed by atoms with Gasteiger partial charge in [-0.1, -0.05) is 17.7 Å². The Labute approximate surface area is 235 Å². The molecule has 1 aromatic heterocycles. The normalized spacial score (nSPS) is 11.9. The van der Waals surface area contributed by atoms with E-state index in [1.807, 2.05) is 6.92 Å². The van der Waals surface area contributed by atoms with Crippen molar-refractivity contribution < 1.29 is 60.2 Å². The molecule has 0 radical (unpaired) electrons. The fourth-order valence-corrected chi connectivity index (χ4v) is 4.51. The Morgan fingerprint density at radius 2 is 1.41 bits per heavy atom. The standard InChI is InChI=1S/C23H20N4O7S2.Na/c1-15-3-11-21(12-4-15)36(32,33)34-19-9-5-17(6-10-19)24-25-22-16(2)26-27(23(22)28)18-7-13-20(14-8-18)35(29,30)31;/h3-14,28H,1-2H3,(H,29,30,31);/q;+1/p-1. The van der Waals surface area contributed by atoms with E-state index in [2.05, 4.69) is 15.3 Å². The maximum Gasteiger partial charge on any atom is 1.00 e. The fourth-order valence-electron chi connectivity index (χ4n) is 3.10. The van der Waals surface area contributed by atoms with Gasteiger partial charge in [-0.25, -0.2) is 4.68 Å². The number of benzene rings is 3. The van der Waals surface area contributed by atoms with Crippen LogP contribution in [0.4, 0.5) is 11.4 Å². The quantitative estimate of drug-likeness (QED) is 0.154. The first-order valence-corrected chi connectivity index (χ1v) is 13.2. The van der Waals surface area contributed by atoms with Gasteiger partial charge in [-0.3, -0.25) is 4.55 Å². The van der Waals surface area contributed by atoms with Gasteiger partial charge in [-0.15, -0.1) is 5.11 Å². The number of hydrogen-bond acceptors (Lipinski definition) is 9. The summed E-state index contributed by atoms with van der Waals surface area (Å²) in [6.45, 7) is 3.41. The molecule has 11 nitrogen and oxygen atoms in total. The molecule has 0 spiro atoms. The first-order chi connectivity index (χ1) is 16.9.